The summed E-state index contributed by atoms with van der Waals surface area (Å²) in [6.45, 7) is 1.34. The topological polar surface area (TPSA) is 48.0 Å². The van der Waals surface area contributed by atoms with E-state index in [-0.39, 0.29) is 5.91 Å². The summed E-state index contributed by atoms with van der Waals surface area (Å²) in [7, 11) is 3.21. The number of rotatable bonds is 11. The Morgan fingerprint density at radius 3 is 2.24 bits per heavy atom. The fourth-order valence-electron chi connectivity index (χ4n) is 4.06. The van der Waals surface area contributed by atoms with Crippen molar-refractivity contribution in [2.75, 3.05) is 20.8 Å². The highest BCUT2D eigenvalue weighted by molar-refractivity contribution is 6.42. The first kappa shape index (κ1) is 27.4. The summed E-state index contributed by atoms with van der Waals surface area (Å²) >= 11 is 12.3. The molecule has 4 aromatic rings. The smallest absolute Gasteiger partial charge is 0.254 e. The summed E-state index contributed by atoms with van der Waals surface area (Å²) in [5.74, 6) is 1.91. The highest BCUT2D eigenvalue weighted by atomic mass is 35.5. The van der Waals surface area contributed by atoms with Crippen molar-refractivity contribution in [3.05, 3.63) is 123 Å². The molecule has 0 atom stereocenters. The zero-order valence-corrected chi connectivity index (χ0v) is 22.8. The second-order valence-electron chi connectivity index (χ2n) is 8.72. The first-order chi connectivity index (χ1) is 18.5. The molecule has 0 saturated carbocycles. The Morgan fingerprint density at radius 1 is 0.737 bits per heavy atom. The minimum absolute atomic E-state index is 0.139. The predicted octanol–water partition coefficient (Wildman–Crippen LogP) is 7.47. The largest absolute Gasteiger partial charge is 0.493 e. The van der Waals surface area contributed by atoms with E-state index in [2.05, 4.69) is 0 Å². The Morgan fingerprint density at radius 2 is 1.50 bits per heavy atom. The standard InChI is InChI=1S/C31H29Cl2NO4/c1-36-29-14-11-22(18-30(29)37-2)15-16-34(31(35)25-12-13-27(32)28(33)19-25)20-24-9-6-10-26(17-24)38-21-23-7-4-3-5-8-23/h3-14,17-19H,15-16,20-21H2,1-2H3. The molecule has 0 unspecified atom stereocenters. The number of halogens is 2. The van der Waals surface area contributed by atoms with Gasteiger partial charge < -0.3 is 19.1 Å². The molecule has 196 valence electrons. The molecule has 0 spiro atoms. The number of methoxy groups -OCH3 is 2. The van der Waals surface area contributed by atoms with Gasteiger partial charge in [-0.05, 0) is 65.6 Å². The number of nitrogens with zero attached hydrogens (tertiary/aromatic N) is 1. The van der Waals surface area contributed by atoms with Gasteiger partial charge in [0.2, 0.25) is 0 Å². The summed E-state index contributed by atoms with van der Waals surface area (Å²) in [6.07, 6.45) is 0.623. The first-order valence-electron chi connectivity index (χ1n) is 12.2. The Balaban J connectivity index is 1.53. The van der Waals surface area contributed by atoms with E-state index in [1.165, 1.54) is 0 Å². The van der Waals surface area contributed by atoms with Gasteiger partial charge in [0, 0.05) is 18.7 Å². The number of carbonyl (C=O) groups is 1. The molecule has 0 aliphatic rings. The lowest BCUT2D eigenvalue weighted by Gasteiger charge is -2.24. The van der Waals surface area contributed by atoms with E-state index in [0.29, 0.717) is 53.2 Å². The molecule has 4 aromatic carbocycles. The second kappa shape index (κ2) is 13.2. The molecule has 4 rings (SSSR count). The fourth-order valence-corrected chi connectivity index (χ4v) is 4.36. The third-order valence-electron chi connectivity index (χ3n) is 6.09. The minimum Gasteiger partial charge on any atom is -0.493 e. The summed E-state index contributed by atoms with van der Waals surface area (Å²) in [4.78, 5) is 15.4. The van der Waals surface area contributed by atoms with E-state index in [4.69, 9.17) is 37.4 Å². The molecule has 0 aliphatic heterocycles. The van der Waals surface area contributed by atoms with Gasteiger partial charge in [-0.3, -0.25) is 4.79 Å². The van der Waals surface area contributed by atoms with Crippen LogP contribution in [-0.4, -0.2) is 31.6 Å². The van der Waals surface area contributed by atoms with Crippen molar-refractivity contribution < 1.29 is 19.0 Å². The maximum Gasteiger partial charge on any atom is 0.254 e. The van der Waals surface area contributed by atoms with Gasteiger partial charge >= 0.3 is 0 Å². The van der Waals surface area contributed by atoms with Crippen LogP contribution in [0.3, 0.4) is 0 Å². The molecule has 0 bridgehead atoms. The van der Waals surface area contributed by atoms with Crippen LogP contribution in [0.2, 0.25) is 10.0 Å². The van der Waals surface area contributed by atoms with Gasteiger partial charge in [0.1, 0.15) is 12.4 Å². The van der Waals surface area contributed by atoms with Crippen LogP contribution < -0.4 is 14.2 Å². The number of amides is 1. The van der Waals surface area contributed by atoms with Crippen LogP contribution in [0.5, 0.6) is 17.2 Å². The van der Waals surface area contributed by atoms with Gasteiger partial charge in [-0.25, -0.2) is 0 Å². The van der Waals surface area contributed by atoms with Crippen molar-refractivity contribution in [2.45, 2.75) is 19.6 Å². The Bertz CT molecular complexity index is 1380. The lowest BCUT2D eigenvalue weighted by atomic mass is 10.1. The van der Waals surface area contributed by atoms with E-state index in [9.17, 15) is 4.79 Å². The predicted molar refractivity (Wildman–Crippen MR) is 152 cm³/mol. The maximum atomic E-state index is 13.6. The Hall–Kier alpha value is -3.67. The lowest BCUT2D eigenvalue weighted by Crippen LogP contribution is -2.32. The summed E-state index contributed by atoms with van der Waals surface area (Å²) in [6, 6.07) is 28.5. The van der Waals surface area contributed by atoms with Crippen LogP contribution in [0.4, 0.5) is 0 Å². The van der Waals surface area contributed by atoms with Gasteiger partial charge in [-0.2, -0.15) is 0 Å². The third kappa shape index (κ3) is 7.21. The molecule has 0 heterocycles. The van der Waals surface area contributed by atoms with Crippen LogP contribution in [0, 0.1) is 0 Å². The molecular weight excluding hydrogens is 521 g/mol. The van der Waals surface area contributed by atoms with Gasteiger partial charge in [-0.15, -0.1) is 0 Å². The van der Waals surface area contributed by atoms with Gasteiger partial charge in [0.05, 0.1) is 24.3 Å². The van der Waals surface area contributed by atoms with Crippen molar-refractivity contribution in [1.82, 2.24) is 4.90 Å². The maximum absolute atomic E-state index is 13.6. The van der Waals surface area contributed by atoms with Crippen LogP contribution in [0.15, 0.2) is 91.0 Å². The van der Waals surface area contributed by atoms with Crippen molar-refractivity contribution in [2.24, 2.45) is 0 Å². The van der Waals surface area contributed by atoms with E-state index in [0.717, 1.165) is 22.4 Å². The average molecular weight is 550 g/mol. The molecule has 0 fully saturated rings. The molecule has 5 nitrogen and oxygen atoms in total. The number of hydrogen-bond acceptors (Lipinski definition) is 4. The second-order valence-corrected chi connectivity index (χ2v) is 9.53. The highest BCUT2D eigenvalue weighted by Crippen LogP contribution is 2.28. The van der Waals surface area contributed by atoms with Crippen molar-refractivity contribution >= 4 is 29.1 Å². The van der Waals surface area contributed by atoms with Crippen molar-refractivity contribution in [3.63, 3.8) is 0 Å². The molecule has 0 aromatic heterocycles. The van der Waals surface area contributed by atoms with E-state index >= 15 is 0 Å². The Kier molecular flexibility index (Phi) is 9.52. The average Bonchev–Trinajstić information content (AvgIpc) is 2.95. The number of carbonyl (C=O) groups excluding carboxylic acids is 1. The van der Waals surface area contributed by atoms with Crippen molar-refractivity contribution in [3.8, 4) is 17.2 Å². The van der Waals surface area contributed by atoms with Crippen LogP contribution in [0.1, 0.15) is 27.0 Å². The molecule has 0 radical (unpaired) electrons. The molecule has 7 heteroatoms. The van der Waals surface area contributed by atoms with Gasteiger partial charge in [0.15, 0.2) is 11.5 Å². The first-order valence-corrected chi connectivity index (χ1v) is 12.9. The van der Waals surface area contributed by atoms with E-state index in [1.807, 2.05) is 72.8 Å². The normalized spacial score (nSPS) is 10.6. The monoisotopic (exact) mass is 549 g/mol. The zero-order chi connectivity index (χ0) is 26.9. The molecule has 1 amide bonds. The number of benzene rings is 4. The Labute approximate surface area is 233 Å². The van der Waals surface area contributed by atoms with Gasteiger partial charge in [-0.1, -0.05) is 71.7 Å². The number of hydrogen-bond donors (Lipinski definition) is 0. The zero-order valence-electron chi connectivity index (χ0n) is 21.3. The summed E-state index contributed by atoms with van der Waals surface area (Å²) < 4.78 is 16.8. The molecule has 0 N–H and O–H groups in total. The molecule has 0 aliphatic carbocycles. The fraction of sp³-hybridized carbons (Fsp3) is 0.194. The molecule has 38 heavy (non-hydrogen) atoms. The van der Waals surface area contributed by atoms with E-state index in [1.54, 1.807) is 37.3 Å². The third-order valence-corrected chi connectivity index (χ3v) is 6.83. The van der Waals surface area contributed by atoms with Gasteiger partial charge in [0.25, 0.3) is 5.91 Å². The lowest BCUT2D eigenvalue weighted by molar-refractivity contribution is 0.0745. The van der Waals surface area contributed by atoms with Crippen LogP contribution in [0.25, 0.3) is 0 Å². The minimum atomic E-state index is -0.139. The summed E-state index contributed by atoms with van der Waals surface area (Å²) in [5.41, 5.74) is 3.54. The highest BCUT2D eigenvalue weighted by Gasteiger charge is 2.18. The van der Waals surface area contributed by atoms with Crippen molar-refractivity contribution in [1.29, 1.82) is 0 Å². The number of ether oxygens (including phenoxy) is 3. The van der Waals surface area contributed by atoms with E-state index < -0.39 is 0 Å². The molecule has 0 saturated heterocycles. The summed E-state index contributed by atoms with van der Waals surface area (Å²) in [5, 5.41) is 0.747. The molecular formula is C31H29Cl2NO4. The SMILES string of the molecule is COc1ccc(CCN(Cc2cccc(OCc3ccccc3)c2)C(=O)c2ccc(Cl)c(Cl)c2)cc1OC. The quantitative estimate of drug-likeness (QED) is 0.194. The van der Waals surface area contributed by atoms with Crippen LogP contribution >= 0.6 is 23.2 Å². The van der Waals surface area contributed by atoms with Crippen LogP contribution in [-0.2, 0) is 19.6 Å².